The number of anilines is 4. The summed E-state index contributed by atoms with van der Waals surface area (Å²) in [6, 6.07) is 8.15. The van der Waals surface area contributed by atoms with Crippen molar-refractivity contribution in [3.05, 3.63) is 30.5 Å². The number of nitrogens with one attached hydrogen (secondary N) is 3. The molecule has 1 aliphatic carbocycles. The summed E-state index contributed by atoms with van der Waals surface area (Å²) in [6.45, 7) is 6.25. The summed E-state index contributed by atoms with van der Waals surface area (Å²) < 4.78 is 10.6. The number of hydrogen-bond donors (Lipinski definition) is 3. The minimum absolute atomic E-state index is 0.303. The second kappa shape index (κ2) is 9.92. The Labute approximate surface area is 201 Å². The van der Waals surface area contributed by atoms with Crippen LogP contribution in [0.15, 0.2) is 30.5 Å². The lowest BCUT2D eigenvalue weighted by Gasteiger charge is -2.29. The number of carbonyl (C=O) groups excluding carboxylic acids is 1. The molecule has 0 spiro atoms. The van der Waals surface area contributed by atoms with Gasteiger partial charge in [0.2, 0.25) is 5.95 Å². The number of nitrogens with zero attached hydrogens (tertiary/aromatic N) is 4. The molecule has 0 saturated heterocycles. The minimum atomic E-state index is -0.477. The van der Waals surface area contributed by atoms with Crippen molar-refractivity contribution in [2.75, 3.05) is 36.5 Å². The standard InChI is InChI=1S/C24H35N7O3/c1-24(2,3)34-23(32)26-14-16-6-8-17(9-7-16)27-22-25-15-20-21(28-22)31(30(4)29-20)18-10-12-19(33-5)13-11-18/h10-13,15-17,29H,6-9,14H2,1-5H3,(H,26,32)(H,25,27,28). The molecule has 1 aromatic heterocycles. The van der Waals surface area contributed by atoms with Gasteiger partial charge in [-0.05, 0) is 76.6 Å². The second-order valence-electron chi connectivity index (χ2n) is 9.82. The molecular weight excluding hydrogens is 434 g/mol. The Hall–Kier alpha value is -3.27. The maximum Gasteiger partial charge on any atom is 0.407 e. The summed E-state index contributed by atoms with van der Waals surface area (Å²) in [6.07, 6.45) is 5.52. The summed E-state index contributed by atoms with van der Waals surface area (Å²) in [4.78, 5) is 21.2. The summed E-state index contributed by atoms with van der Waals surface area (Å²) in [5, 5.41) is 10.3. The minimum Gasteiger partial charge on any atom is -0.497 e. The van der Waals surface area contributed by atoms with Gasteiger partial charge in [0, 0.05) is 19.6 Å². The molecule has 2 aliphatic rings. The first-order valence-corrected chi connectivity index (χ1v) is 11.8. The predicted octanol–water partition coefficient (Wildman–Crippen LogP) is 4.31. The van der Waals surface area contributed by atoms with E-state index in [4.69, 9.17) is 14.5 Å². The third-order valence-corrected chi connectivity index (χ3v) is 5.98. The highest BCUT2D eigenvalue weighted by atomic mass is 16.6. The number of ether oxygens (including phenoxy) is 2. The van der Waals surface area contributed by atoms with Crippen molar-refractivity contribution in [2.45, 2.75) is 58.1 Å². The molecule has 10 heteroatoms. The Bertz CT molecular complexity index is 985. The normalized spacial score (nSPS) is 20.3. The molecule has 10 nitrogen and oxygen atoms in total. The number of alkyl carbamates (subject to hydrolysis) is 1. The molecule has 1 fully saturated rings. The number of aromatic nitrogens is 2. The van der Waals surface area contributed by atoms with Gasteiger partial charge in [-0.25, -0.2) is 14.8 Å². The van der Waals surface area contributed by atoms with Crippen LogP contribution in [-0.2, 0) is 4.74 Å². The first-order chi connectivity index (χ1) is 16.2. The van der Waals surface area contributed by atoms with Crippen molar-refractivity contribution < 1.29 is 14.3 Å². The molecule has 0 unspecified atom stereocenters. The monoisotopic (exact) mass is 469 g/mol. The maximum absolute atomic E-state index is 11.9. The van der Waals surface area contributed by atoms with E-state index in [1.165, 1.54) is 0 Å². The van der Waals surface area contributed by atoms with E-state index in [-0.39, 0.29) is 6.09 Å². The fourth-order valence-corrected chi connectivity index (χ4v) is 4.30. The molecule has 0 radical (unpaired) electrons. The van der Waals surface area contributed by atoms with Crippen LogP contribution < -0.4 is 25.8 Å². The Kier molecular flexibility index (Phi) is 6.97. The van der Waals surface area contributed by atoms with Gasteiger partial charge in [-0.15, -0.1) is 5.12 Å². The van der Waals surface area contributed by atoms with Gasteiger partial charge < -0.3 is 20.1 Å². The van der Waals surface area contributed by atoms with Crippen LogP contribution >= 0.6 is 0 Å². The smallest absolute Gasteiger partial charge is 0.407 e. The van der Waals surface area contributed by atoms with Gasteiger partial charge in [-0.1, -0.05) is 0 Å². The Morgan fingerprint density at radius 1 is 1.18 bits per heavy atom. The Balaban J connectivity index is 1.33. The maximum atomic E-state index is 11.9. The zero-order valence-electron chi connectivity index (χ0n) is 20.6. The molecule has 34 heavy (non-hydrogen) atoms. The number of carbonyl (C=O) groups is 1. The van der Waals surface area contributed by atoms with Crippen molar-refractivity contribution in [3.63, 3.8) is 0 Å². The number of hydrogen-bond acceptors (Lipinski definition) is 9. The summed E-state index contributed by atoms with van der Waals surface area (Å²) in [7, 11) is 3.59. The first-order valence-electron chi connectivity index (χ1n) is 11.8. The summed E-state index contributed by atoms with van der Waals surface area (Å²) in [5.74, 6) is 2.67. The molecule has 2 heterocycles. The fourth-order valence-electron chi connectivity index (χ4n) is 4.30. The van der Waals surface area contributed by atoms with E-state index >= 15 is 0 Å². The number of rotatable bonds is 6. The van der Waals surface area contributed by atoms with Crippen molar-refractivity contribution >= 4 is 29.2 Å². The molecule has 184 valence electrons. The van der Waals surface area contributed by atoms with Crippen LogP contribution in [0.2, 0.25) is 0 Å². The zero-order valence-corrected chi connectivity index (χ0v) is 20.6. The third kappa shape index (κ3) is 5.80. The van der Waals surface area contributed by atoms with Gasteiger partial charge in [-0.3, -0.25) is 5.43 Å². The van der Waals surface area contributed by atoms with E-state index < -0.39 is 5.60 Å². The predicted molar refractivity (Wildman–Crippen MR) is 132 cm³/mol. The fraction of sp³-hybridized carbons (Fsp3) is 0.542. The first kappa shape index (κ1) is 23.9. The van der Waals surface area contributed by atoms with Crippen molar-refractivity contribution in [1.29, 1.82) is 0 Å². The van der Waals surface area contributed by atoms with Gasteiger partial charge in [0.05, 0.1) is 19.0 Å². The molecule has 0 atom stereocenters. The number of methoxy groups -OCH3 is 1. The van der Waals surface area contributed by atoms with E-state index in [1.54, 1.807) is 13.3 Å². The molecule has 3 N–H and O–H groups in total. The molecule has 4 rings (SSSR count). The van der Waals surface area contributed by atoms with Gasteiger partial charge in [0.25, 0.3) is 0 Å². The zero-order chi connectivity index (χ0) is 24.3. The van der Waals surface area contributed by atoms with Crippen LogP contribution in [0.5, 0.6) is 5.75 Å². The summed E-state index contributed by atoms with van der Waals surface area (Å²) in [5.41, 5.74) is 4.62. The SMILES string of the molecule is COc1ccc(N2c3nc(NC4CCC(CNC(=O)OC(C)(C)C)CC4)ncc3NN2C)cc1. The van der Waals surface area contributed by atoms with E-state index in [9.17, 15) is 4.79 Å². The van der Waals surface area contributed by atoms with Crippen LogP contribution in [0.3, 0.4) is 0 Å². The van der Waals surface area contributed by atoms with Gasteiger partial charge in [-0.2, -0.15) is 4.98 Å². The average Bonchev–Trinajstić information content (AvgIpc) is 3.12. The van der Waals surface area contributed by atoms with E-state index in [2.05, 4.69) is 21.0 Å². The Morgan fingerprint density at radius 2 is 1.88 bits per heavy atom. The van der Waals surface area contributed by atoms with E-state index in [0.717, 1.165) is 48.6 Å². The second-order valence-corrected chi connectivity index (χ2v) is 9.82. The average molecular weight is 470 g/mol. The van der Waals surface area contributed by atoms with E-state index in [0.29, 0.717) is 24.5 Å². The van der Waals surface area contributed by atoms with Crippen LogP contribution in [-0.4, -0.2) is 53.5 Å². The van der Waals surface area contributed by atoms with Crippen LogP contribution in [0, 0.1) is 5.92 Å². The lowest BCUT2D eigenvalue weighted by molar-refractivity contribution is 0.0515. The van der Waals surface area contributed by atoms with Crippen molar-refractivity contribution in [2.24, 2.45) is 5.92 Å². The van der Waals surface area contributed by atoms with Crippen molar-refractivity contribution in [1.82, 2.24) is 20.4 Å². The van der Waals surface area contributed by atoms with Crippen LogP contribution in [0.25, 0.3) is 0 Å². The van der Waals surface area contributed by atoms with Gasteiger partial charge >= 0.3 is 6.09 Å². The molecule has 1 aliphatic heterocycles. The van der Waals surface area contributed by atoms with Gasteiger partial charge in [0.15, 0.2) is 5.82 Å². The van der Waals surface area contributed by atoms with Crippen LogP contribution in [0.1, 0.15) is 46.5 Å². The molecule has 1 saturated carbocycles. The Morgan fingerprint density at radius 3 is 2.53 bits per heavy atom. The topological polar surface area (TPSA) is 104 Å². The van der Waals surface area contributed by atoms with Crippen molar-refractivity contribution in [3.8, 4) is 5.75 Å². The molecule has 2 aromatic rings. The highest BCUT2D eigenvalue weighted by molar-refractivity contribution is 5.76. The highest BCUT2D eigenvalue weighted by Crippen LogP contribution is 2.38. The number of amides is 1. The molecule has 0 bridgehead atoms. The molecule has 1 aromatic carbocycles. The lowest BCUT2D eigenvalue weighted by Crippen LogP contribution is -2.37. The number of benzene rings is 1. The third-order valence-electron chi connectivity index (χ3n) is 5.98. The van der Waals surface area contributed by atoms with Gasteiger partial charge in [0.1, 0.15) is 17.0 Å². The quantitative estimate of drug-likeness (QED) is 0.571. The molecule has 1 amide bonds. The number of fused-ring (bicyclic) bond motifs is 1. The van der Waals surface area contributed by atoms with E-state index in [1.807, 2.05) is 62.2 Å². The van der Waals surface area contributed by atoms with Crippen LogP contribution in [0.4, 0.5) is 27.9 Å². The number of hydrazine groups is 2. The lowest BCUT2D eigenvalue weighted by atomic mass is 9.86. The highest BCUT2D eigenvalue weighted by Gasteiger charge is 2.29. The molecular formula is C24H35N7O3. The largest absolute Gasteiger partial charge is 0.497 e. The summed E-state index contributed by atoms with van der Waals surface area (Å²) >= 11 is 0.